The third-order valence-electron chi connectivity index (χ3n) is 2.74. The normalized spacial score (nSPS) is 17.0. The zero-order valence-corrected chi connectivity index (χ0v) is 9.93. The number of thioether (sulfide) groups is 1. The minimum atomic E-state index is -0.372. The topological polar surface area (TPSA) is 55.1 Å². The summed E-state index contributed by atoms with van der Waals surface area (Å²) in [5.74, 6) is 2.06. The van der Waals surface area contributed by atoms with Crippen molar-refractivity contribution in [2.45, 2.75) is 18.9 Å². The number of rotatable bonds is 3. The van der Waals surface area contributed by atoms with Gasteiger partial charge in [0, 0.05) is 17.3 Å². The van der Waals surface area contributed by atoms with E-state index in [0.29, 0.717) is 11.6 Å². The largest absolute Gasteiger partial charge is 0.382 e. The van der Waals surface area contributed by atoms with Crippen LogP contribution in [-0.2, 0) is 0 Å². The van der Waals surface area contributed by atoms with Crippen LogP contribution in [-0.4, -0.2) is 23.5 Å². The molecule has 0 aliphatic carbocycles. The molecule has 1 saturated heterocycles. The fourth-order valence-electron chi connectivity index (χ4n) is 1.84. The van der Waals surface area contributed by atoms with Crippen molar-refractivity contribution in [3.05, 3.63) is 29.8 Å². The van der Waals surface area contributed by atoms with Crippen molar-refractivity contribution < 1.29 is 4.79 Å². The summed E-state index contributed by atoms with van der Waals surface area (Å²) in [6, 6.07) is 7.94. The maximum absolute atomic E-state index is 11.0. The Morgan fingerprint density at radius 2 is 2.12 bits per heavy atom. The molecule has 0 bridgehead atoms. The van der Waals surface area contributed by atoms with Crippen LogP contribution in [0.2, 0.25) is 0 Å². The standard InChI is InChI=1S/C12H16N2OS/c13-12(15)9-2-1-3-11(8-9)14-10-4-6-16-7-5-10/h1-3,8,10,14H,4-7H2,(H2,13,15). The number of primary amides is 1. The van der Waals surface area contributed by atoms with E-state index in [0.717, 1.165) is 5.69 Å². The van der Waals surface area contributed by atoms with Gasteiger partial charge in [-0.15, -0.1) is 0 Å². The molecule has 1 aromatic rings. The Labute approximate surface area is 99.8 Å². The molecule has 1 heterocycles. The van der Waals surface area contributed by atoms with Gasteiger partial charge in [0.05, 0.1) is 0 Å². The Bertz CT molecular complexity index is 375. The second-order valence-electron chi connectivity index (χ2n) is 3.98. The Balaban J connectivity index is 2.02. The minimum absolute atomic E-state index is 0.372. The Kier molecular flexibility index (Phi) is 3.72. The van der Waals surface area contributed by atoms with Gasteiger partial charge in [0.25, 0.3) is 0 Å². The highest BCUT2D eigenvalue weighted by Gasteiger charge is 2.13. The molecule has 2 rings (SSSR count). The highest BCUT2D eigenvalue weighted by molar-refractivity contribution is 7.99. The van der Waals surface area contributed by atoms with Gasteiger partial charge in [0.2, 0.25) is 5.91 Å². The lowest BCUT2D eigenvalue weighted by molar-refractivity contribution is 0.100. The average Bonchev–Trinajstić information content (AvgIpc) is 2.30. The van der Waals surface area contributed by atoms with Crippen LogP contribution in [0.25, 0.3) is 0 Å². The second-order valence-corrected chi connectivity index (χ2v) is 5.20. The van der Waals surface area contributed by atoms with E-state index in [1.807, 2.05) is 30.0 Å². The van der Waals surface area contributed by atoms with Crippen molar-refractivity contribution in [2.24, 2.45) is 5.73 Å². The van der Waals surface area contributed by atoms with Gasteiger partial charge in [-0.1, -0.05) is 6.07 Å². The fraction of sp³-hybridized carbons (Fsp3) is 0.417. The number of hydrogen-bond acceptors (Lipinski definition) is 3. The molecule has 0 saturated carbocycles. The lowest BCUT2D eigenvalue weighted by Gasteiger charge is -2.23. The molecule has 4 heteroatoms. The van der Waals surface area contributed by atoms with Gasteiger partial charge >= 0.3 is 0 Å². The molecule has 0 atom stereocenters. The number of nitrogens with two attached hydrogens (primary N) is 1. The van der Waals surface area contributed by atoms with Crippen molar-refractivity contribution in [3.63, 3.8) is 0 Å². The maximum atomic E-state index is 11.0. The molecule has 0 unspecified atom stereocenters. The molecule has 16 heavy (non-hydrogen) atoms. The summed E-state index contributed by atoms with van der Waals surface area (Å²) in [4.78, 5) is 11.0. The summed E-state index contributed by atoms with van der Waals surface area (Å²) < 4.78 is 0. The van der Waals surface area contributed by atoms with Gasteiger partial charge in [0.15, 0.2) is 0 Å². The predicted octanol–water partition coefficient (Wildman–Crippen LogP) is 2.09. The second kappa shape index (κ2) is 5.25. The summed E-state index contributed by atoms with van der Waals surface area (Å²) in [5, 5.41) is 3.46. The first kappa shape index (κ1) is 11.3. The maximum Gasteiger partial charge on any atom is 0.248 e. The van der Waals surface area contributed by atoms with Crippen LogP contribution in [0.15, 0.2) is 24.3 Å². The van der Waals surface area contributed by atoms with Crippen LogP contribution in [0.1, 0.15) is 23.2 Å². The first-order valence-electron chi connectivity index (χ1n) is 5.50. The Hall–Kier alpha value is -1.16. The van der Waals surface area contributed by atoms with Crippen LogP contribution in [0.5, 0.6) is 0 Å². The Morgan fingerprint density at radius 3 is 2.81 bits per heavy atom. The van der Waals surface area contributed by atoms with E-state index >= 15 is 0 Å². The van der Waals surface area contributed by atoms with E-state index in [-0.39, 0.29) is 5.91 Å². The van der Waals surface area contributed by atoms with E-state index in [1.54, 1.807) is 6.07 Å². The van der Waals surface area contributed by atoms with Gasteiger partial charge in [-0.2, -0.15) is 11.8 Å². The van der Waals surface area contributed by atoms with Crippen molar-refractivity contribution in [1.82, 2.24) is 0 Å². The lowest BCUT2D eigenvalue weighted by Crippen LogP contribution is -2.24. The van der Waals surface area contributed by atoms with Gasteiger partial charge in [-0.25, -0.2) is 0 Å². The lowest BCUT2D eigenvalue weighted by atomic mass is 10.1. The average molecular weight is 236 g/mol. The molecule has 0 spiro atoms. The molecule has 86 valence electrons. The third-order valence-corrected chi connectivity index (χ3v) is 3.79. The fourth-order valence-corrected chi connectivity index (χ4v) is 2.95. The van der Waals surface area contributed by atoms with E-state index in [2.05, 4.69) is 5.32 Å². The highest BCUT2D eigenvalue weighted by Crippen LogP contribution is 2.21. The highest BCUT2D eigenvalue weighted by atomic mass is 32.2. The summed E-state index contributed by atoms with van der Waals surface area (Å²) in [7, 11) is 0. The predicted molar refractivity (Wildman–Crippen MR) is 68.9 cm³/mol. The molecule has 1 aliphatic rings. The molecular formula is C12H16N2OS. The molecule has 0 radical (unpaired) electrons. The SMILES string of the molecule is NC(=O)c1cccc(NC2CCSCC2)c1. The zero-order chi connectivity index (χ0) is 11.4. The molecule has 1 aliphatic heterocycles. The third kappa shape index (κ3) is 2.92. The van der Waals surface area contributed by atoms with Crippen molar-refractivity contribution >= 4 is 23.4 Å². The van der Waals surface area contributed by atoms with Gasteiger partial charge in [-0.3, -0.25) is 4.79 Å². The smallest absolute Gasteiger partial charge is 0.248 e. The first-order valence-corrected chi connectivity index (χ1v) is 6.65. The summed E-state index contributed by atoms with van der Waals surface area (Å²) in [6.45, 7) is 0. The number of nitrogens with one attached hydrogen (secondary N) is 1. The first-order chi connectivity index (χ1) is 7.75. The molecule has 1 aromatic carbocycles. The van der Waals surface area contributed by atoms with E-state index in [9.17, 15) is 4.79 Å². The number of hydrogen-bond donors (Lipinski definition) is 2. The molecule has 3 nitrogen and oxygen atoms in total. The van der Waals surface area contributed by atoms with Gasteiger partial charge < -0.3 is 11.1 Å². The van der Waals surface area contributed by atoms with Crippen molar-refractivity contribution in [3.8, 4) is 0 Å². The number of benzene rings is 1. The van der Waals surface area contributed by atoms with Crippen LogP contribution in [0, 0.1) is 0 Å². The molecule has 3 N–H and O–H groups in total. The van der Waals surface area contributed by atoms with Crippen LogP contribution in [0.3, 0.4) is 0 Å². The zero-order valence-electron chi connectivity index (χ0n) is 9.11. The summed E-state index contributed by atoms with van der Waals surface area (Å²) in [5.41, 5.74) is 6.80. The van der Waals surface area contributed by atoms with E-state index < -0.39 is 0 Å². The van der Waals surface area contributed by atoms with Crippen molar-refractivity contribution in [1.29, 1.82) is 0 Å². The number of carbonyl (C=O) groups excluding carboxylic acids is 1. The number of anilines is 1. The van der Waals surface area contributed by atoms with Gasteiger partial charge in [0.1, 0.15) is 0 Å². The van der Waals surface area contributed by atoms with Crippen LogP contribution in [0.4, 0.5) is 5.69 Å². The number of amides is 1. The molecular weight excluding hydrogens is 220 g/mol. The van der Waals surface area contributed by atoms with Crippen LogP contribution >= 0.6 is 11.8 Å². The van der Waals surface area contributed by atoms with E-state index in [4.69, 9.17) is 5.73 Å². The summed E-state index contributed by atoms with van der Waals surface area (Å²) >= 11 is 2.00. The quantitative estimate of drug-likeness (QED) is 0.845. The minimum Gasteiger partial charge on any atom is -0.382 e. The molecule has 0 aromatic heterocycles. The van der Waals surface area contributed by atoms with E-state index in [1.165, 1.54) is 24.3 Å². The molecule has 1 fully saturated rings. The Morgan fingerprint density at radius 1 is 1.38 bits per heavy atom. The van der Waals surface area contributed by atoms with Gasteiger partial charge in [-0.05, 0) is 42.5 Å². The van der Waals surface area contributed by atoms with Crippen LogP contribution < -0.4 is 11.1 Å². The summed E-state index contributed by atoms with van der Waals surface area (Å²) in [6.07, 6.45) is 2.37. The monoisotopic (exact) mass is 236 g/mol. The van der Waals surface area contributed by atoms with Crippen molar-refractivity contribution in [2.75, 3.05) is 16.8 Å². The number of carbonyl (C=O) groups is 1. The molecule has 1 amide bonds.